The van der Waals surface area contributed by atoms with Crippen molar-refractivity contribution in [1.82, 2.24) is 0 Å². The number of carboxylic acid groups (broad SMARTS) is 1. The van der Waals surface area contributed by atoms with Crippen molar-refractivity contribution >= 4 is 12.3 Å². The van der Waals surface area contributed by atoms with Crippen LogP contribution in [-0.4, -0.2) is 29.1 Å². The summed E-state index contributed by atoms with van der Waals surface area (Å²) in [7, 11) is 0. The van der Waals surface area contributed by atoms with Crippen molar-refractivity contribution in [3.63, 3.8) is 0 Å². The predicted molar refractivity (Wildman–Crippen MR) is 157 cm³/mol. The Labute approximate surface area is 232 Å². The first kappa shape index (κ1) is 34.0. The molecule has 1 aromatic rings. The van der Waals surface area contributed by atoms with E-state index >= 15 is 0 Å². The zero-order valence-electron chi connectivity index (χ0n) is 24.5. The van der Waals surface area contributed by atoms with E-state index in [1.165, 1.54) is 70.3 Å². The van der Waals surface area contributed by atoms with Gasteiger partial charge in [-0.25, -0.2) is 0 Å². The van der Waals surface area contributed by atoms with Crippen molar-refractivity contribution in [2.45, 2.75) is 149 Å². The van der Waals surface area contributed by atoms with E-state index in [-0.39, 0.29) is 11.3 Å². The molecule has 0 saturated carbocycles. The van der Waals surface area contributed by atoms with E-state index in [0.29, 0.717) is 18.6 Å². The Balaban J connectivity index is 2.46. The number of benzene rings is 1. The summed E-state index contributed by atoms with van der Waals surface area (Å²) in [6, 6.07) is 4.69. The Morgan fingerprint density at radius 2 is 1.18 bits per heavy atom. The lowest BCUT2D eigenvalue weighted by molar-refractivity contribution is -0.150. The predicted octanol–water partition coefficient (Wildman–Crippen LogP) is 9.89. The molecule has 1 aromatic carbocycles. The van der Waals surface area contributed by atoms with Gasteiger partial charge < -0.3 is 14.9 Å². The number of aromatic hydroxyl groups is 1. The van der Waals surface area contributed by atoms with Crippen molar-refractivity contribution < 1.29 is 24.5 Å². The molecule has 0 atom stereocenters. The molecule has 0 saturated heterocycles. The Morgan fingerprint density at radius 3 is 1.63 bits per heavy atom. The van der Waals surface area contributed by atoms with Crippen molar-refractivity contribution in [1.29, 1.82) is 0 Å². The van der Waals surface area contributed by atoms with Gasteiger partial charge in [-0.3, -0.25) is 9.59 Å². The zero-order valence-corrected chi connectivity index (χ0v) is 24.5. The highest BCUT2D eigenvalue weighted by atomic mass is 16.5. The van der Waals surface area contributed by atoms with Gasteiger partial charge in [-0.1, -0.05) is 123 Å². The molecule has 5 nitrogen and oxygen atoms in total. The van der Waals surface area contributed by atoms with Gasteiger partial charge in [0.25, 0.3) is 0 Å². The van der Waals surface area contributed by atoms with Crippen LogP contribution in [0.15, 0.2) is 18.2 Å². The van der Waals surface area contributed by atoms with Gasteiger partial charge in [-0.2, -0.15) is 0 Å². The second-order valence-electron chi connectivity index (χ2n) is 11.2. The topological polar surface area (TPSA) is 83.8 Å². The molecule has 0 aliphatic carbocycles. The van der Waals surface area contributed by atoms with Crippen LogP contribution in [0.5, 0.6) is 11.5 Å². The molecular weight excluding hydrogens is 476 g/mol. The second kappa shape index (κ2) is 21.8. The number of hydrogen-bond acceptors (Lipinski definition) is 4. The number of hydrogen-bond donors (Lipinski definition) is 2. The quantitative estimate of drug-likeness (QED) is 0.0916. The minimum Gasteiger partial charge on any atom is -0.507 e. The molecule has 0 aromatic heterocycles. The first-order valence-corrected chi connectivity index (χ1v) is 15.6. The lowest BCUT2D eigenvalue weighted by Gasteiger charge is -2.30. The minimum atomic E-state index is -0.587. The minimum absolute atomic E-state index is 0.0396. The molecule has 38 heavy (non-hydrogen) atoms. The largest absolute Gasteiger partial charge is 0.507 e. The number of aliphatic carboxylic acids is 1. The third-order valence-electron chi connectivity index (χ3n) is 7.92. The molecule has 0 heterocycles. The molecule has 0 unspecified atom stereocenters. The third-order valence-corrected chi connectivity index (χ3v) is 7.92. The van der Waals surface area contributed by atoms with Crippen LogP contribution < -0.4 is 4.74 Å². The highest BCUT2D eigenvalue weighted by Crippen LogP contribution is 2.38. The van der Waals surface area contributed by atoms with Crippen molar-refractivity contribution in [3.8, 4) is 11.5 Å². The number of carbonyl (C=O) groups excluding carboxylic acids is 1. The van der Waals surface area contributed by atoms with Crippen LogP contribution in [0.25, 0.3) is 0 Å². The maximum atomic E-state index is 12.6. The van der Waals surface area contributed by atoms with Gasteiger partial charge in [0.05, 0.1) is 17.6 Å². The monoisotopic (exact) mass is 532 g/mol. The summed E-state index contributed by atoms with van der Waals surface area (Å²) in [4.78, 5) is 23.5. The normalized spacial score (nSPS) is 11.5. The lowest BCUT2D eigenvalue weighted by atomic mass is 9.74. The van der Waals surface area contributed by atoms with Crippen LogP contribution in [0.1, 0.15) is 159 Å². The maximum absolute atomic E-state index is 12.6. The van der Waals surface area contributed by atoms with Crippen LogP contribution >= 0.6 is 0 Å². The fourth-order valence-corrected chi connectivity index (χ4v) is 5.36. The molecule has 0 aliphatic heterocycles. The molecule has 0 amide bonds. The van der Waals surface area contributed by atoms with Gasteiger partial charge >= 0.3 is 5.97 Å². The van der Waals surface area contributed by atoms with Crippen LogP contribution in [-0.2, 0) is 4.79 Å². The van der Waals surface area contributed by atoms with E-state index in [1.54, 1.807) is 12.1 Å². The molecular formula is C33H56O5. The Hall–Kier alpha value is -2.04. The number of ether oxygens (including phenoxy) is 1. The summed E-state index contributed by atoms with van der Waals surface area (Å²) in [5.41, 5.74) is -0.338. The average Bonchev–Trinajstić information content (AvgIpc) is 2.91. The number of carbonyl (C=O) groups is 2. The Bertz CT molecular complexity index is 727. The summed E-state index contributed by atoms with van der Waals surface area (Å²) < 4.78 is 5.73. The SMILES string of the molecule is CCCCCCCCCC(CCCCCCCCC)(CCCCCCOc1ccc(O)c(C=O)c1)C(=O)O. The number of unbranched alkanes of at least 4 members (excludes halogenated alkanes) is 15. The molecule has 0 aliphatic rings. The summed E-state index contributed by atoms with van der Waals surface area (Å²) in [5.74, 6) is -0.0439. The molecule has 5 heteroatoms. The highest BCUT2D eigenvalue weighted by molar-refractivity contribution is 5.79. The smallest absolute Gasteiger partial charge is 0.309 e. The second-order valence-corrected chi connectivity index (χ2v) is 11.2. The number of aldehydes is 1. The maximum Gasteiger partial charge on any atom is 0.309 e. The Kier molecular flexibility index (Phi) is 19.5. The van der Waals surface area contributed by atoms with Crippen molar-refractivity contribution in [2.75, 3.05) is 6.61 Å². The number of phenolic OH excluding ortho intramolecular Hbond substituents is 1. The number of phenols is 1. The summed E-state index contributed by atoms with van der Waals surface area (Å²) in [6.45, 7) is 5.01. The molecule has 0 fully saturated rings. The molecule has 218 valence electrons. The van der Waals surface area contributed by atoms with Crippen LogP contribution in [0, 0.1) is 5.41 Å². The van der Waals surface area contributed by atoms with E-state index in [0.717, 1.165) is 70.6 Å². The standard InChI is InChI=1S/C33H56O5/c1-3-5-7-9-11-13-17-23-33(32(36)37,24-18-14-12-10-8-6-4-2)25-19-15-16-20-26-38-30-21-22-31(35)29(27-30)28-34/h21-22,27-28,35H,3-20,23-26H2,1-2H3,(H,36,37). The van der Waals surface area contributed by atoms with Gasteiger partial charge in [0, 0.05) is 0 Å². The molecule has 0 spiro atoms. The molecule has 0 radical (unpaired) electrons. The summed E-state index contributed by atoms with van der Waals surface area (Å²) >= 11 is 0. The first-order valence-electron chi connectivity index (χ1n) is 15.6. The van der Waals surface area contributed by atoms with Crippen molar-refractivity contribution in [2.24, 2.45) is 5.41 Å². The fraction of sp³-hybridized carbons (Fsp3) is 0.758. The van der Waals surface area contributed by atoms with Crippen molar-refractivity contribution in [3.05, 3.63) is 23.8 Å². The fourth-order valence-electron chi connectivity index (χ4n) is 5.36. The van der Waals surface area contributed by atoms with Gasteiger partial charge in [-0.15, -0.1) is 0 Å². The zero-order chi connectivity index (χ0) is 27.9. The lowest BCUT2D eigenvalue weighted by Crippen LogP contribution is -2.31. The van der Waals surface area contributed by atoms with E-state index in [9.17, 15) is 19.8 Å². The number of carboxylic acids is 1. The number of rotatable bonds is 26. The van der Waals surface area contributed by atoms with Gasteiger partial charge in [-0.05, 0) is 43.9 Å². The van der Waals surface area contributed by atoms with Gasteiger partial charge in [0.15, 0.2) is 6.29 Å². The van der Waals surface area contributed by atoms with E-state index in [4.69, 9.17) is 4.74 Å². The van der Waals surface area contributed by atoms with Gasteiger partial charge in [0.1, 0.15) is 11.5 Å². The van der Waals surface area contributed by atoms with Gasteiger partial charge in [0.2, 0.25) is 0 Å². The van der Waals surface area contributed by atoms with Crippen LogP contribution in [0.3, 0.4) is 0 Å². The Morgan fingerprint density at radius 1 is 0.737 bits per heavy atom. The van der Waals surface area contributed by atoms with E-state index < -0.39 is 11.4 Å². The first-order chi connectivity index (χ1) is 18.5. The summed E-state index contributed by atoms with van der Waals surface area (Å²) in [5, 5.41) is 19.9. The highest BCUT2D eigenvalue weighted by Gasteiger charge is 2.36. The van der Waals surface area contributed by atoms with Crippen LogP contribution in [0.2, 0.25) is 0 Å². The van der Waals surface area contributed by atoms with E-state index in [1.807, 2.05) is 0 Å². The summed E-state index contributed by atoms with van der Waals surface area (Å²) in [6.07, 6.45) is 23.9. The van der Waals surface area contributed by atoms with Crippen LogP contribution in [0.4, 0.5) is 0 Å². The molecule has 1 rings (SSSR count). The van der Waals surface area contributed by atoms with E-state index in [2.05, 4.69) is 13.8 Å². The average molecular weight is 533 g/mol. The molecule has 2 N–H and O–H groups in total. The third kappa shape index (κ3) is 14.8. The molecule has 0 bridgehead atoms.